The molecule has 2 aliphatic heterocycles. The average Bonchev–Trinajstić information content (AvgIpc) is 3.31. The van der Waals surface area contributed by atoms with Crippen LogP contribution in [-0.4, -0.2) is 46.3 Å². The minimum Gasteiger partial charge on any atom is -0.297 e. The van der Waals surface area contributed by atoms with Gasteiger partial charge in [0.2, 0.25) is 0 Å². The second-order valence-electron chi connectivity index (χ2n) is 7.09. The lowest BCUT2D eigenvalue weighted by molar-refractivity contribution is 0.582. The summed E-state index contributed by atoms with van der Waals surface area (Å²) in [6.07, 6.45) is 10.6. The maximum atomic E-state index is 8.67. The summed E-state index contributed by atoms with van der Waals surface area (Å²) in [6.45, 7) is 9.45. The first-order valence-corrected chi connectivity index (χ1v) is 12.5. The van der Waals surface area contributed by atoms with Crippen molar-refractivity contribution in [3.8, 4) is 0 Å². The predicted octanol–water partition coefficient (Wildman–Crippen LogP) is 5.36. The molecule has 3 rings (SSSR count). The number of hydrogen-bond acceptors (Lipinski definition) is 6. The van der Waals surface area contributed by atoms with E-state index in [2.05, 4.69) is 31.3 Å². The lowest BCUT2D eigenvalue weighted by Crippen LogP contribution is -2.17. The zero-order chi connectivity index (χ0) is 20.1. The fourth-order valence-corrected chi connectivity index (χ4v) is 6.44. The Morgan fingerprint density at radius 1 is 1.43 bits per heavy atom. The summed E-state index contributed by atoms with van der Waals surface area (Å²) in [7, 11) is 2.19. The highest BCUT2D eigenvalue weighted by Gasteiger charge is 2.22. The second-order valence-corrected chi connectivity index (χ2v) is 10.7. The third-order valence-electron chi connectivity index (χ3n) is 5.11. The molecule has 3 heterocycles. The van der Waals surface area contributed by atoms with Crippen molar-refractivity contribution < 1.29 is 0 Å². The van der Waals surface area contributed by atoms with E-state index < -0.39 is 0 Å². The van der Waals surface area contributed by atoms with Gasteiger partial charge in [-0.05, 0) is 64.6 Å². The maximum Gasteiger partial charge on any atom is 0.179 e. The topological polar surface area (TPSA) is 56.1 Å². The van der Waals surface area contributed by atoms with Crippen LogP contribution in [0.1, 0.15) is 44.6 Å². The highest BCUT2D eigenvalue weighted by Crippen LogP contribution is 2.44. The molecule has 0 bridgehead atoms. The van der Waals surface area contributed by atoms with Gasteiger partial charge in [0.05, 0.1) is 5.03 Å². The zero-order valence-corrected chi connectivity index (χ0v) is 18.8. The standard InChI is InChI=1S/C21H30N5PS/c1-5-8-17(6-2)20(22)21-23-18(9-13-27-12-7-10-25(27)4)15-19(24-21)26-11-14-28-16(26)3/h6,11,14-15,22H,3,5,7-10,12-13H2,1-2,4H3/b17-6-,22-20?. The first-order valence-electron chi connectivity index (χ1n) is 9.93. The summed E-state index contributed by atoms with van der Waals surface area (Å²) in [6, 6.07) is 2.07. The zero-order valence-electron chi connectivity index (χ0n) is 17.1. The van der Waals surface area contributed by atoms with E-state index in [1.54, 1.807) is 11.8 Å². The molecule has 1 fully saturated rings. The molecule has 1 atom stereocenters. The molecular weight excluding hydrogens is 385 g/mol. The molecule has 7 heteroatoms. The van der Waals surface area contributed by atoms with Crippen molar-refractivity contribution >= 4 is 31.4 Å². The molecule has 5 nitrogen and oxygen atoms in total. The number of hydrogen-bond donors (Lipinski definition) is 1. The number of nitrogens with zero attached hydrogens (tertiary/aromatic N) is 4. The molecule has 0 amide bonds. The van der Waals surface area contributed by atoms with Gasteiger partial charge in [-0.15, -0.1) is 0 Å². The molecule has 1 saturated heterocycles. The van der Waals surface area contributed by atoms with Gasteiger partial charge in [-0.3, -0.25) is 15.0 Å². The molecule has 1 N–H and O–H groups in total. The number of allylic oxidation sites excluding steroid dienone is 2. The van der Waals surface area contributed by atoms with Crippen molar-refractivity contribution in [3.05, 3.63) is 52.4 Å². The molecule has 0 radical (unpaired) electrons. The van der Waals surface area contributed by atoms with E-state index in [4.69, 9.17) is 15.4 Å². The van der Waals surface area contributed by atoms with Crippen molar-refractivity contribution in [3.63, 3.8) is 0 Å². The number of anilines is 1. The third-order valence-corrected chi connectivity index (χ3v) is 8.58. The van der Waals surface area contributed by atoms with E-state index in [1.165, 1.54) is 19.1 Å². The van der Waals surface area contributed by atoms with Crippen LogP contribution in [0.2, 0.25) is 0 Å². The van der Waals surface area contributed by atoms with Crippen LogP contribution in [-0.2, 0) is 6.42 Å². The Hall–Kier alpha value is -1.49. The Morgan fingerprint density at radius 2 is 2.25 bits per heavy atom. The molecule has 1 aromatic rings. The van der Waals surface area contributed by atoms with Gasteiger partial charge in [0.25, 0.3) is 0 Å². The lowest BCUT2D eigenvalue weighted by atomic mass is 10.0. The van der Waals surface area contributed by atoms with Crippen LogP contribution >= 0.6 is 19.8 Å². The van der Waals surface area contributed by atoms with Gasteiger partial charge in [-0.2, -0.15) is 0 Å². The first-order chi connectivity index (χ1) is 13.5. The van der Waals surface area contributed by atoms with Crippen LogP contribution in [0.4, 0.5) is 5.82 Å². The lowest BCUT2D eigenvalue weighted by Gasteiger charge is -2.21. The van der Waals surface area contributed by atoms with Gasteiger partial charge in [-0.1, -0.05) is 37.8 Å². The van der Waals surface area contributed by atoms with Crippen molar-refractivity contribution in [2.24, 2.45) is 0 Å². The Morgan fingerprint density at radius 3 is 2.86 bits per heavy atom. The fourth-order valence-electron chi connectivity index (χ4n) is 3.51. The Bertz CT molecular complexity index is 804. The fraction of sp³-hybridized carbons (Fsp3) is 0.476. The number of aryl methyl sites for hydroxylation is 1. The minimum atomic E-state index is -0.0463. The number of rotatable bonds is 8. The molecule has 0 aromatic carbocycles. The smallest absolute Gasteiger partial charge is 0.179 e. The van der Waals surface area contributed by atoms with E-state index in [0.717, 1.165) is 47.5 Å². The van der Waals surface area contributed by atoms with Crippen LogP contribution in [0.3, 0.4) is 0 Å². The highest BCUT2D eigenvalue weighted by atomic mass is 32.2. The van der Waals surface area contributed by atoms with Gasteiger partial charge in [0, 0.05) is 24.5 Å². The summed E-state index contributed by atoms with van der Waals surface area (Å²) < 4.78 is 2.52. The minimum absolute atomic E-state index is 0.0463. The van der Waals surface area contributed by atoms with Gasteiger partial charge in [0.1, 0.15) is 11.5 Å². The molecule has 150 valence electrons. The SMILES string of the molecule is C=C1SC=CN1c1cc(CCP2CCCN2C)nc(C(=N)/C(=C\C)CCC)n1. The van der Waals surface area contributed by atoms with Crippen LogP contribution < -0.4 is 4.90 Å². The summed E-state index contributed by atoms with van der Waals surface area (Å²) in [5, 5.41) is 11.6. The van der Waals surface area contributed by atoms with Gasteiger partial charge < -0.3 is 0 Å². The Labute approximate surface area is 174 Å². The third kappa shape index (κ3) is 4.91. The Kier molecular flexibility index (Phi) is 7.44. The van der Waals surface area contributed by atoms with Gasteiger partial charge >= 0.3 is 0 Å². The van der Waals surface area contributed by atoms with Gasteiger partial charge in [0.15, 0.2) is 5.82 Å². The summed E-state index contributed by atoms with van der Waals surface area (Å²) in [5.74, 6) is 1.34. The molecule has 2 aliphatic rings. The van der Waals surface area contributed by atoms with Crippen molar-refractivity contribution in [1.29, 1.82) is 5.41 Å². The van der Waals surface area contributed by atoms with Crippen molar-refractivity contribution in [1.82, 2.24) is 14.6 Å². The summed E-state index contributed by atoms with van der Waals surface area (Å²) in [5.41, 5.74) is 2.48. The van der Waals surface area contributed by atoms with E-state index in [-0.39, 0.29) is 8.07 Å². The van der Waals surface area contributed by atoms with E-state index >= 15 is 0 Å². The Balaban J connectivity index is 1.88. The predicted molar refractivity (Wildman–Crippen MR) is 123 cm³/mol. The highest BCUT2D eigenvalue weighted by molar-refractivity contribution is 8.06. The quantitative estimate of drug-likeness (QED) is 0.457. The number of nitrogens with one attached hydrogen (secondary N) is 1. The molecule has 1 aromatic heterocycles. The van der Waals surface area contributed by atoms with Gasteiger partial charge in [-0.25, -0.2) is 9.97 Å². The average molecular weight is 416 g/mol. The van der Waals surface area contributed by atoms with Crippen molar-refractivity contribution in [2.75, 3.05) is 30.8 Å². The van der Waals surface area contributed by atoms with E-state index in [9.17, 15) is 0 Å². The molecule has 28 heavy (non-hydrogen) atoms. The first kappa shape index (κ1) is 21.2. The van der Waals surface area contributed by atoms with Crippen LogP contribution in [0.15, 0.2) is 40.9 Å². The largest absolute Gasteiger partial charge is 0.297 e. The molecule has 1 unspecified atom stereocenters. The van der Waals surface area contributed by atoms with Crippen LogP contribution in [0.25, 0.3) is 0 Å². The normalized spacial score (nSPS) is 20.4. The van der Waals surface area contributed by atoms with Crippen molar-refractivity contribution in [2.45, 2.75) is 39.5 Å². The monoisotopic (exact) mass is 415 g/mol. The summed E-state index contributed by atoms with van der Waals surface area (Å²) in [4.78, 5) is 11.5. The molecule has 0 saturated carbocycles. The van der Waals surface area contributed by atoms with Crippen LogP contribution in [0.5, 0.6) is 0 Å². The molecular formula is C21H30N5PS. The number of thioether (sulfide) groups is 1. The molecule has 0 aliphatic carbocycles. The number of aromatic nitrogens is 2. The van der Waals surface area contributed by atoms with E-state index in [0.29, 0.717) is 11.5 Å². The summed E-state index contributed by atoms with van der Waals surface area (Å²) >= 11 is 1.60. The maximum absolute atomic E-state index is 8.67. The van der Waals surface area contributed by atoms with E-state index in [1.807, 2.05) is 29.5 Å². The second kappa shape index (κ2) is 9.82. The van der Waals surface area contributed by atoms with Crippen LogP contribution in [0, 0.1) is 5.41 Å². The molecule has 0 spiro atoms.